The van der Waals surface area contributed by atoms with Crippen LogP contribution in [0, 0.1) is 0 Å². The molecule has 1 saturated heterocycles. The number of piperidine rings is 1. The van der Waals surface area contributed by atoms with Gasteiger partial charge in [-0.15, -0.1) is 0 Å². The highest BCUT2D eigenvalue weighted by molar-refractivity contribution is 5.58. The lowest BCUT2D eigenvalue weighted by molar-refractivity contribution is 0.283. The average molecular weight is 455 g/mol. The first-order chi connectivity index (χ1) is 16.8. The normalized spacial score (nSPS) is 18.0. The number of rotatable bonds is 7. The van der Waals surface area contributed by atoms with Crippen LogP contribution in [0.4, 0.5) is 5.69 Å². The van der Waals surface area contributed by atoms with E-state index >= 15 is 0 Å². The van der Waals surface area contributed by atoms with E-state index in [4.69, 9.17) is 9.47 Å². The van der Waals surface area contributed by atoms with Crippen molar-refractivity contribution in [2.75, 3.05) is 31.6 Å². The van der Waals surface area contributed by atoms with E-state index in [9.17, 15) is 0 Å². The molecule has 2 aliphatic rings. The Balaban J connectivity index is 1.30. The molecular weight excluding hydrogens is 420 g/mol. The minimum absolute atomic E-state index is 0.155. The molecular formula is C30H34N2O2. The van der Waals surface area contributed by atoms with Gasteiger partial charge in [0.05, 0.1) is 13.2 Å². The monoisotopic (exact) mass is 454 g/mol. The van der Waals surface area contributed by atoms with Crippen LogP contribution in [0.1, 0.15) is 47.6 Å². The van der Waals surface area contributed by atoms with E-state index in [0.717, 1.165) is 30.0 Å². The van der Waals surface area contributed by atoms with Crippen LogP contribution in [0.5, 0.6) is 11.5 Å². The minimum atomic E-state index is 0.155. The van der Waals surface area contributed by atoms with Crippen molar-refractivity contribution < 1.29 is 9.47 Å². The number of hydrogen-bond acceptors (Lipinski definition) is 4. The summed E-state index contributed by atoms with van der Waals surface area (Å²) in [5, 5.41) is 3.65. The lowest BCUT2D eigenvalue weighted by Gasteiger charge is -2.28. The number of nitrogens with one attached hydrogen (secondary N) is 1. The second-order valence-electron chi connectivity index (χ2n) is 9.16. The Bertz CT molecular complexity index is 1100. The quantitative estimate of drug-likeness (QED) is 0.463. The Morgan fingerprint density at radius 1 is 0.941 bits per heavy atom. The molecule has 34 heavy (non-hydrogen) atoms. The molecule has 0 aromatic heterocycles. The molecule has 2 aliphatic heterocycles. The van der Waals surface area contributed by atoms with E-state index in [1.807, 2.05) is 18.2 Å². The molecule has 1 atom stereocenters. The molecule has 1 N–H and O–H groups in total. The number of benzene rings is 3. The fraction of sp³-hybridized carbons (Fsp3) is 0.333. The summed E-state index contributed by atoms with van der Waals surface area (Å²) in [5.41, 5.74) is 6.29. The highest BCUT2D eigenvalue weighted by Gasteiger charge is 2.21. The zero-order valence-corrected chi connectivity index (χ0v) is 20.0. The Morgan fingerprint density at radius 2 is 1.74 bits per heavy atom. The van der Waals surface area contributed by atoms with Gasteiger partial charge >= 0.3 is 0 Å². The zero-order valence-electron chi connectivity index (χ0n) is 20.0. The van der Waals surface area contributed by atoms with Crippen molar-refractivity contribution in [3.63, 3.8) is 0 Å². The molecule has 0 spiro atoms. The van der Waals surface area contributed by atoms with Gasteiger partial charge in [0.25, 0.3) is 0 Å². The van der Waals surface area contributed by atoms with Crippen molar-refractivity contribution in [2.24, 2.45) is 0 Å². The van der Waals surface area contributed by atoms with E-state index in [2.05, 4.69) is 70.9 Å². The van der Waals surface area contributed by atoms with Crippen LogP contribution in [-0.4, -0.2) is 26.7 Å². The molecule has 4 nitrogen and oxygen atoms in total. The van der Waals surface area contributed by atoms with Crippen LogP contribution in [0.15, 0.2) is 72.8 Å². The van der Waals surface area contributed by atoms with Gasteiger partial charge in [0.2, 0.25) is 0 Å². The predicted molar refractivity (Wildman–Crippen MR) is 140 cm³/mol. The summed E-state index contributed by atoms with van der Waals surface area (Å²) in [6, 6.07) is 23.7. The SMILES string of the molecule is COc1cc2c(cc1OCc1ccccc1)CCNC2/C=C/c1ccc(N2CCCCC2)cc1. The molecule has 5 rings (SSSR count). The molecule has 0 aliphatic carbocycles. The summed E-state index contributed by atoms with van der Waals surface area (Å²) in [6.45, 7) is 3.83. The van der Waals surface area contributed by atoms with E-state index in [0.29, 0.717) is 6.61 Å². The van der Waals surface area contributed by atoms with Crippen LogP contribution in [-0.2, 0) is 13.0 Å². The summed E-state index contributed by atoms with van der Waals surface area (Å²) in [6.07, 6.45) is 9.43. The molecule has 0 bridgehead atoms. The van der Waals surface area contributed by atoms with Crippen LogP contribution in [0.2, 0.25) is 0 Å². The van der Waals surface area contributed by atoms with Gasteiger partial charge in [-0.2, -0.15) is 0 Å². The van der Waals surface area contributed by atoms with Crippen molar-refractivity contribution in [1.29, 1.82) is 0 Å². The Labute approximate surface area is 203 Å². The zero-order chi connectivity index (χ0) is 23.2. The van der Waals surface area contributed by atoms with Crippen molar-refractivity contribution in [1.82, 2.24) is 5.32 Å². The second-order valence-corrected chi connectivity index (χ2v) is 9.16. The third kappa shape index (κ3) is 5.28. The highest BCUT2D eigenvalue weighted by atomic mass is 16.5. The van der Waals surface area contributed by atoms with E-state index in [-0.39, 0.29) is 6.04 Å². The van der Waals surface area contributed by atoms with Gasteiger partial charge in [0.1, 0.15) is 6.61 Å². The van der Waals surface area contributed by atoms with Crippen molar-refractivity contribution in [2.45, 2.75) is 38.3 Å². The number of fused-ring (bicyclic) bond motifs is 1. The van der Waals surface area contributed by atoms with Crippen molar-refractivity contribution in [3.05, 3.63) is 95.1 Å². The topological polar surface area (TPSA) is 33.7 Å². The molecule has 1 fully saturated rings. The number of hydrogen-bond donors (Lipinski definition) is 1. The van der Waals surface area contributed by atoms with Crippen LogP contribution < -0.4 is 19.7 Å². The molecule has 0 saturated carbocycles. The Morgan fingerprint density at radius 3 is 2.50 bits per heavy atom. The molecule has 3 aromatic carbocycles. The average Bonchev–Trinajstić information content (AvgIpc) is 2.91. The van der Waals surface area contributed by atoms with Crippen LogP contribution >= 0.6 is 0 Å². The fourth-order valence-electron chi connectivity index (χ4n) is 4.93. The van der Waals surface area contributed by atoms with Gasteiger partial charge in [-0.25, -0.2) is 0 Å². The van der Waals surface area contributed by atoms with Crippen molar-refractivity contribution in [3.8, 4) is 11.5 Å². The van der Waals surface area contributed by atoms with E-state index in [1.165, 1.54) is 54.7 Å². The van der Waals surface area contributed by atoms with Gasteiger partial charge in [-0.05, 0) is 72.2 Å². The van der Waals surface area contributed by atoms with Gasteiger partial charge < -0.3 is 19.7 Å². The predicted octanol–water partition coefficient (Wildman–Crippen LogP) is 6.16. The molecule has 176 valence electrons. The maximum Gasteiger partial charge on any atom is 0.161 e. The fourth-order valence-corrected chi connectivity index (χ4v) is 4.93. The third-order valence-electron chi connectivity index (χ3n) is 6.85. The van der Waals surface area contributed by atoms with E-state index < -0.39 is 0 Å². The maximum atomic E-state index is 6.14. The number of methoxy groups -OCH3 is 1. The maximum absolute atomic E-state index is 6.14. The number of anilines is 1. The Hall–Kier alpha value is -3.24. The summed E-state index contributed by atoms with van der Waals surface area (Å²) in [4.78, 5) is 2.50. The Kier molecular flexibility index (Phi) is 7.16. The highest BCUT2D eigenvalue weighted by Crippen LogP contribution is 2.36. The largest absolute Gasteiger partial charge is 0.493 e. The first kappa shape index (κ1) is 22.5. The van der Waals surface area contributed by atoms with Crippen LogP contribution in [0.25, 0.3) is 6.08 Å². The first-order valence-corrected chi connectivity index (χ1v) is 12.4. The molecule has 2 heterocycles. The summed E-state index contributed by atoms with van der Waals surface area (Å²) in [5.74, 6) is 1.59. The number of ether oxygens (including phenoxy) is 2. The third-order valence-corrected chi connectivity index (χ3v) is 6.85. The summed E-state index contributed by atoms with van der Waals surface area (Å²) in [7, 11) is 1.71. The van der Waals surface area contributed by atoms with Gasteiger partial charge in [-0.3, -0.25) is 0 Å². The molecule has 3 aromatic rings. The molecule has 0 amide bonds. The molecule has 4 heteroatoms. The van der Waals surface area contributed by atoms with Gasteiger partial charge in [-0.1, -0.05) is 54.6 Å². The lowest BCUT2D eigenvalue weighted by Crippen LogP contribution is -2.29. The minimum Gasteiger partial charge on any atom is -0.493 e. The second kappa shape index (κ2) is 10.8. The summed E-state index contributed by atoms with van der Waals surface area (Å²) < 4.78 is 11.8. The van der Waals surface area contributed by atoms with Crippen LogP contribution in [0.3, 0.4) is 0 Å². The first-order valence-electron chi connectivity index (χ1n) is 12.4. The molecule has 1 unspecified atom stereocenters. The lowest BCUT2D eigenvalue weighted by atomic mass is 9.93. The summed E-state index contributed by atoms with van der Waals surface area (Å²) >= 11 is 0. The number of nitrogens with zero attached hydrogens (tertiary/aromatic N) is 1. The van der Waals surface area contributed by atoms with Crippen molar-refractivity contribution >= 4 is 11.8 Å². The van der Waals surface area contributed by atoms with Gasteiger partial charge in [0.15, 0.2) is 11.5 Å². The van der Waals surface area contributed by atoms with Gasteiger partial charge in [0, 0.05) is 25.3 Å². The van der Waals surface area contributed by atoms with E-state index in [1.54, 1.807) is 7.11 Å². The molecule has 0 radical (unpaired) electrons. The standard InChI is InChI=1S/C30H34N2O2/c1-33-29-21-27-25(20-30(29)34-22-24-8-4-2-5-9-24)16-17-31-28(27)15-12-23-10-13-26(14-11-23)32-18-6-3-7-19-32/h2,4-5,8-15,20-21,28,31H,3,6-7,16-19,22H2,1H3/b15-12+. The smallest absolute Gasteiger partial charge is 0.161 e.